The molecule has 0 spiro atoms. The number of hydrogen-bond donors (Lipinski definition) is 2. The molecule has 24 heavy (non-hydrogen) atoms. The van der Waals surface area contributed by atoms with Crippen molar-refractivity contribution >= 4 is 34.3 Å². The van der Waals surface area contributed by atoms with E-state index in [0.29, 0.717) is 0 Å². The number of carbonyl (C=O) groups is 1. The Kier molecular flexibility index (Phi) is 7.59. The normalized spacial score (nSPS) is 10.8. The topological polar surface area (TPSA) is 62.2 Å². The van der Waals surface area contributed by atoms with Crippen LogP contribution in [0.3, 0.4) is 0 Å². The van der Waals surface area contributed by atoms with E-state index in [9.17, 15) is 4.79 Å². The van der Waals surface area contributed by atoms with Gasteiger partial charge in [0.05, 0.1) is 10.7 Å². The highest BCUT2D eigenvalue weighted by Crippen LogP contribution is 2.29. The van der Waals surface area contributed by atoms with Gasteiger partial charge in [0.15, 0.2) is 0 Å². The maximum atomic E-state index is 10.5. The molecular weight excluding hydrogens is 340 g/mol. The molecule has 0 fully saturated rings. The summed E-state index contributed by atoms with van der Waals surface area (Å²) in [5.41, 5.74) is 2.37. The van der Waals surface area contributed by atoms with E-state index in [1.54, 1.807) is 23.3 Å². The first kappa shape index (κ1) is 18.8. The first-order valence-electron chi connectivity index (χ1n) is 8.22. The van der Waals surface area contributed by atoms with Gasteiger partial charge >= 0.3 is 5.97 Å². The fraction of sp³-hybridized carbons (Fsp3) is 0.444. The molecule has 0 saturated carbocycles. The van der Waals surface area contributed by atoms with Crippen LogP contribution in [-0.2, 0) is 11.2 Å². The van der Waals surface area contributed by atoms with Gasteiger partial charge < -0.3 is 9.83 Å². The van der Waals surface area contributed by atoms with Crippen molar-refractivity contribution in [1.82, 2.24) is 4.98 Å². The smallest absolute Gasteiger partial charge is 0.303 e. The summed E-state index contributed by atoms with van der Waals surface area (Å²) in [5, 5.41) is 10.8. The number of benzene rings is 1. The number of rotatable bonds is 10. The van der Waals surface area contributed by atoms with E-state index in [4.69, 9.17) is 5.11 Å². The number of carboxylic acids is 1. The number of unbranched alkanes of at least 4 members (excludes halogenated alkanes) is 3. The highest BCUT2D eigenvalue weighted by molar-refractivity contribution is 8.00. The first-order valence-corrected chi connectivity index (χ1v) is 9.85. The Morgan fingerprint density at radius 3 is 2.75 bits per heavy atom. The van der Waals surface area contributed by atoms with Crippen LogP contribution < -0.4 is 4.72 Å². The highest BCUT2D eigenvalue weighted by atomic mass is 32.2. The lowest BCUT2D eigenvalue weighted by Crippen LogP contribution is -1.94. The number of hydrogen-bond acceptors (Lipinski definition) is 5. The van der Waals surface area contributed by atoms with Gasteiger partial charge in [0, 0.05) is 11.3 Å². The monoisotopic (exact) mass is 364 g/mol. The summed E-state index contributed by atoms with van der Waals surface area (Å²) in [4.78, 5) is 16.1. The summed E-state index contributed by atoms with van der Waals surface area (Å²) in [5.74, 6) is -0.696. The summed E-state index contributed by atoms with van der Waals surface area (Å²) in [6, 6.07) is 8.58. The lowest BCUT2D eigenvalue weighted by molar-refractivity contribution is -0.137. The number of nitrogens with zero attached hydrogens (tertiary/aromatic N) is 1. The fourth-order valence-corrected chi connectivity index (χ4v) is 4.13. The summed E-state index contributed by atoms with van der Waals surface area (Å²) < 4.78 is 3.39. The average molecular weight is 365 g/mol. The molecule has 0 amide bonds. The molecule has 0 aliphatic carbocycles. The number of aryl methyl sites for hydroxylation is 3. The van der Waals surface area contributed by atoms with Crippen LogP contribution in [0.5, 0.6) is 0 Å². The molecule has 2 N–H and O–H groups in total. The third-order valence-electron chi connectivity index (χ3n) is 3.67. The molecule has 6 heteroatoms. The van der Waals surface area contributed by atoms with Crippen molar-refractivity contribution in [2.75, 3.05) is 4.72 Å². The Morgan fingerprint density at radius 2 is 2.04 bits per heavy atom. The van der Waals surface area contributed by atoms with E-state index in [1.165, 1.54) is 10.5 Å². The van der Waals surface area contributed by atoms with E-state index in [-0.39, 0.29) is 6.42 Å². The number of aliphatic carboxylic acids is 1. The molecule has 0 bridgehead atoms. The minimum atomic E-state index is -0.696. The van der Waals surface area contributed by atoms with Gasteiger partial charge in [-0.25, -0.2) is 4.98 Å². The minimum absolute atomic E-state index is 0.286. The summed E-state index contributed by atoms with van der Waals surface area (Å²) in [7, 11) is 0. The second-order valence-corrected chi connectivity index (χ2v) is 7.89. The van der Waals surface area contributed by atoms with E-state index in [0.717, 1.165) is 47.8 Å². The Bertz CT molecular complexity index is 671. The SMILES string of the molecule is Cc1nc(C)c(NSc2cccc(CCCCCCC(=O)O)c2)s1. The fourth-order valence-electron chi connectivity index (χ4n) is 2.45. The quantitative estimate of drug-likeness (QED) is 0.433. The predicted molar refractivity (Wildman–Crippen MR) is 102 cm³/mol. The van der Waals surface area contributed by atoms with Crippen molar-refractivity contribution in [2.24, 2.45) is 0 Å². The molecule has 130 valence electrons. The number of anilines is 1. The third kappa shape index (κ3) is 6.53. The molecule has 0 unspecified atom stereocenters. The van der Waals surface area contributed by atoms with Gasteiger partial charge in [-0.05, 0) is 62.8 Å². The van der Waals surface area contributed by atoms with Gasteiger partial charge in [0.1, 0.15) is 5.00 Å². The zero-order chi connectivity index (χ0) is 17.4. The molecule has 0 saturated heterocycles. The molecule has 2 rings (SSSR count). The van der Waals surface area contributed by atoms with Crippen LogP contribution in [0.1, 0.15) is 48.4 Å². The van der Waals surface area contributed by atoms with Gasteiger partial charge in [-0.15, -0.1) is 11.3 Å². The summed E-state index contributed by atoms with van der Waals surface area (Å²) >= 11 is 3.30. The summed E-state index contributed by atoms with van der Waals surface area (Å²) in [6.07, 6.45) is 5.29. The van der Waals surface area contributed by atoms with E-state index < -0.39 is 5.97 Å². The van der Waals surface area contributed by atoms with Crippen LogP contribution in [0.15, 0.2) is 29.2 Å². The maximum Gasteiger partial charge on any atom is 0.303 e. The molecule has 1 aromatic carbocycles. The zero-order valence-corrected chi connectivity index (χ0v) is 15.8. The van der Waals surface area contributed by atoms with E-state index >= 15 is 0 Å². The maximum absolute atomic E-state index is 10.5. The number of carboxylic acid groups (broad SMARTS) is 1. The lowest BCUT2D eigenvalue weighted by Gasteiger charge is -2.06. The van der Waals surface area contributed by atoms with Gasteiger partial charge in [0.2, 0.25) is 0 Å². The average Bonchev–Trinajstić information content (AvgIpc) is 2.86. The second-order valence-electron chi connectivity index (χ2n) is 5.81. The molecular formula is C18H24N2O2S2. The predicted octanol–water partition coefficient (Wildman–Crippen LogP) is 5.46. The van der Waals surface area contributed by atoms with Crippen molar-refractivity contribution in [3.05, 3.63) is 40.5 Å². The van der Waals surface area contributed by atoms with Crippen LogP contribution in [0.2, 0.25) is 0 Å². The lowest BCUT2D eigenvalue weighted by atomic mass is 10.1. The molecule has 0 aliphatic rings. The van der Waals surface area contributed by atoms with Crippen LogP contribution in [0.4, 0.5) is 5.00 Å². The highest BCUT2D eigenvalue weighted by Gasteiger charge is 2.05. The standard InChI is InChI=1S/C18H24N2O2S2/c1-13-18(23-14(2)19-13)20-24-16-10-7-9-15(12-16)8-5-3-4-6-11-17(21)22/h7,9-10,12,20H,3-6,8,11H2,1-2H3,(H,21,22). The third-order valence-corrected chi connectivity index (χ3v) is 5.58. The van der Waals surface area contributed by atoms with Gasteiger partial charge in [-0.1, -0.05) is 25.0 Å². The van der Waals surface area contributed by atoms with Crippen LogP contribution in [-0.4, -0.2) is 16.1 Å². The van der Waals surface area contributed by atoms with Crippen LogP contribution in [0, 0.1) is 13.8 Å². The molecule has 1 heterocycles. The Balaban J connectivity index is 1.74. The number of nitrogens with one attached hydrogen (secondary N) is 1. The Morgan fingerprint density at radius 1 is 1.25 bits per heavy atom. The first-order chi connectivity index (χ1) is 11.5. The molecule has 4 nitrogen and oxygen atoms in total. The Hall–Kier alpha value is -1.53. The zero-order valence-electron chi connectivity index (χ0n) is 14.2. The molecule has 0 atom stereocenters. The van der Waals surface area contributed by atoms with Crippen LogP contribution in [0.25, 0.3) is 0 Å². The summed E-state index contributed by atoms with van der Waals surface area (Å²) in [6.45, 7) is 4.04. The van der Waals surface area contributed by atoms with Crippen molar-refractivity contribution in [3.63, 3.8) is 0 Å². The molecule has 0 aliphatic heterocycles. The number of thiazole rings is 1. The minimum Gasteiger partial charge on any atom is -0.481 e. The van der Waals surface area contributed by atoms with Crippen molar-refractivity contribution in [1.29, 1.82) is 0 Å². The van der Waals surface area contributed by atoms with Crippen molar-refractivity contribution in [2.45, 2.75) is 57.3 Å². The molecule has 1 aromatic heterocycles. The van der Waals surface area contributed by atoms with Gasteiger partial charge in [-0.3, -0.25) is 4.79 Å². The van der Waals surface area contributed by atoms with Gasteiger partial charge in [-0.2, -0.15) is 0 Å². The van der Waals surface area contributed by atoms with Gasteiger partial charge in [0.25, 0.3) is 0 Å². The Labute approximate surface area is 151 Å². The van der Waals surface area contributed by atoms with E-state index in [2.05, 4.69) is 34.0 Å². The molecule has 0 radical (unpaired) electrons. The van der Waals surface area contributed by atoms with Crippen LogP contribution >= 0.6 is 23.3 Å². The van der Waals surface area contributed by atoms with E-state index in [1.807, 2.05) is 13.8 Å². The second kappa shape index (κ2) is 9.69. The molecule has 2 aromatic rings. The van der Waals surface area contributed by atoms with Crippen molar-refractivity contribution in [3.8, 4) is 0 Å². The number of aromatic nitrogens is 1. The largest absolute Gasteiger partial charge is 0.481 e. The van der Waals surface area contributed by atoms with Crippen molar-refractivity contribution < 1.29 is 9.90 Å².